The highest BCUT2D eigenvalue weighted by molar-refractivity contribution is 6.32. The summed E-state index contributed by atoms with van der Waals surface area (Å²) in [5, 5.41) is 13.6. The maximum absolute atomic E-state index is 12.1. The van der Waals surface area contributed by atoms with E-state index >= 15 is 0 Å². The van der Waals surface area contributed by atoms with Crippen molar-refractivity contribution in [3.8, 4) is 5.75 Å². The van der Waals surface area contributed by atoms with Crippen LogP contribution in [0.15, 0.2) is 54.6 Å². The van der Waals surface area contributed by atoms with Crippen LogP contribution in [0.3, 0.4) is 0 Å². The quantitative estimate of drug-likeness (QED) is 0.854. The Kier molecular flexibility index (Phi) is 5.64. The van der Waals surface area contributed by atoms with Gasteiger partial charge in [0, 0.05) is 0 Å². The van der Waals surface area contributed by atoms with Crippen molar-refractivity contribution in [3.05, 3.63) is 65.2 Å². The van der Waals surface area contributed by atoms with Crippen LogP contribution in [-0.2, 0) is 10.4 Å². The minimum Gasteiger partial charge on any atom is -0.479 e. The van der Waals surface area contributed by atoms with Crippen molar-refractivity contribution >= 4 is 17.5 Å². The maximum atomic E-state index is 12.1. The Morgan fingerprint density at radius 1 is 1.22 bits per heavy atom. The molecule has 0 aliphatic heterocycles. The zero-order valence-corrected chi connectivity index (χ0v) is 13.9. The van der Waals surface area contributed by atoms with Crippen LogP contribution in [-0.4, -0.2) is 23.7 Å². The molecule has 2 unspecified atom stereocenters. The van der Waals surface area contributed by atoms with Gasteiger partial charge in [0.1, 0.15) is 11.4 Å². The molecule has 0 spiro atoms. The molecule has 0 bridgehead atoms. The number of carbonyl (C=O) groups is 1. The number of benzene rings is 2. The number of carbonyl (C=O) groups excluding carboxylic acids is 1. The molecule has 4 nitrogen and oxygen atoms in total. The summed E-state index contributed by atoms with van der Waals surface area (Å²) in [6.07, 6.45) is -0.721. The SMILES string of the molecule is CC(Oc1ccccc1Cl)C(=O)NCC(C)(O)c1ccccc1. The van der Waals surface area contributed by atoms with Gasteiger partial charge in [-0.2, -0.15) is 0 Å². The highest BCUT2D eigenvalue weighted by Crippen LogP contribution is 2.24. The molecular formula is C18H20ClNO3. The Morgan fingerprint density at radius 2 is 1.83 bits per heavy atom. The fourth-order valence-corrected chi connectivity index (χ4v) is 2.27. The van der Waals surface area contributed by atoms with Gasteiger partial charge in [-0.25, -0.2) is 0 Å². The van der Waals surface area contributed by atoms with Gasteiger partial charge in [0.15, 0.2) is 6.10 Å². The van der Waals surface area contributed by atoms with Gasteiger partial charge in [0.2, 0.25) is 0 Å². The van der Waals surface area contributed by atoms with E-state index in [-0.39, 0.29) is 12.5 Å². The fraction of sp³-hybridized carbons (Fsp3) is 0.278. The number of amides is 1. The Hall–Kier alpha value is -2.04. The number of hydrogen-bond donors (Lipinski definition) is 2. The van der Waals surface area contributed by atoms with Crippen LogP contribution >= 0.6 is 11.6 Å². The molecule has 0 radical (unpaired) electrons. The van der Waals surface area contributed by atoms with E-state index in [9.17, 15) is 9.90 Å². The summed E-state index contributed by atoms with van der Waals surface area (Å²) in [5.74, 6) is 0.132. The van der Waals surface area contributed by atoms with Crippen molar-refractivity contribution in [2.45, 2.75) is 25.6 Å². The van der Waals surface area contributed by atoms with Gasteiger partial charge in [-0.1, -0.05) is 54.1 Å². The molecule has 2 aromatic carbocycles. The van der Waals surface area contributed by atoms with Crippen molar-refractivity contribution in [1.82, 2.24) is 5.32 Å². The summed E-state index contributed by atoms with van der Waals surface area (Å²) >= 11 is 6.01. The predicted octanol–water partition coefficient (Wildman–Crippen LogP) is 3.13. The molecule has 0 saturated heterocycles. The van der Waals surface area contributed by atoms with Crippen molar-refractivity contribution < 1.29 is 14.6 Å². The third-order valence-electron chi connectivity index (χ3n) is 3.51. The summed E-state index contributed by atoms with van der Waals surface area (Å²) in [5.41, 5.74) is -0.416. The normalized spacial score (nSPS) is 14.6. The van der Waals surface area contributed by atoms with Gasteiger partial charge in [-0.15, -0.1) is 0 Å². The van der Waals surface area contributed by atoms with E-state index in [1.165, 1.54) is 0 Å². The Labute approximate surface area is 141 Å². The molecule has 0 fully saturated rings. The van der Waals surface area contributed by atoms with Crippen molar-refractivity contribution in [1.29, 1.82) is 0 Å². The Bertz CT molecular complexity index is 658. The number of para-hydroxylation sites is 1. The Morgan fingerprint density at radius 3 is 2.48 bits per heavy atom. The summed E-state index contributed by atoms with van der Waals surface area (Å²) in [7, 11) is 0. The first kappa shape index (κ1) is 17.3. The highest BCUT2D eigenvalue weighted by Gasteiger charge is 2.25. The van der Waals surface area contributed by atoms with Crippen LogP contribution in [0.2, 0.25) is 5.02 Å². The van der Waals surface area contributed by atoms with Crippen molar-refractivity contribution in [3.63, 3.8) is 0 Å². The molecular weight excluding hydrogens is 314 g/mol. The molecule has 0 aliphatic rings. The second-order valence-electron chi connectivity index (χ2n) is 5.55. The van der Waals surface area contributed by atoms with Crippen LogP contribution in [0.5, 0.6) is 5.75 Å². The first-order chi connectivity index (χ1) is 10.9. The van der Waals surface area contributed by atoms with Gasteiger partial charge in [-0.3, -0.25) is 4.79 Å². The topological polar surface area (TPSA) is 58.6 Å². The van der Waals surface area contributed by atoms with Crippen LogP contribution in [0.4, 0.5) is 0 Å². The van der Waals surface area contributed by atoms with E-state index in [2.05, 4.69) is 5.32 Å². The molecule has 2 rings (SSSR count). The van der Waals surface area contributed by atoms with Crippen LogP contribution < -0.4 is 10.1 Å². The zero-order chi connectivity index (χ0) is 16.9. The second kappa shape index (κ2) is 7.49. The lowest BCUT2D eigenvalue weighted by molar-refractivity contribution is -0.128. The molecule has 2 aromatic rings. The van der Waals surface area contributed by atoms with Gasteiger partial charge >= 0.3 is 0 Å². The molecule has 0 aromatic heterocycles. The average Bonchev–Trinajstić information content (AvgIpc) is 2.55. The second-order valence-corrected chi connectivity index (χ2v) is 5.96. The molecule has 1 amide bonds. The minimum absolute atomic E-state index is 0.0894. The number of nitrogens with one attached hydrogen (secondary N) is 1. The summed E-state index contributed by atoms with van der Waals surface area (Å²) in [4.78, 5) is 12.1. The molecule has 2 N–H and O–H groups in total. The number of ether oxygens (including phenoxy) is 1. The molecule has 0 aliphatic carbocycles. The molecule has 0 heterocycles. The van der Waals surface area contributed by atoms with E-state index < -0.39 is 11.7 Å². The van der Waals surface area contributed by atoms with E-state index in [0.717, 1.165) is 5.56 Å². The van der Waals surface area contributed by atoms with E-state index in [0.29, 0.717) is 10.8 Å². The van der Waals surface area contributed by atoms with E-state index in [1.807, 2.05) is 30.3 Å². The molecule has 23 heavy (non-hydrogen) atoms. The lowest BCUT2D eigenvalue weighted by Crippen LogP contribution is -2.43. The van der Waals surface area contributed by atoms with Crippen LogP contribution in [0.25, 0.3) is 0 Å². The largest absolute Gasteiger partial charge is 0.479 e. The third kappa shape index (κ3) is 4.71. The first-order valence-corrected chi connectivity index (χ1v) is 7.75. The summed E-state index contributed by atoms with van der Waals surface area (Å²) < 4.78 is 5.55. The smallest absolute Gasteiger partial charge is 0.260 e. The lowest BCUT2D eigenvalue weighted by Gasteiger charge is -2.25. The number of halogens is 1. The van der Waals surface area contributed by atoms with Crippen LogP contribution in [0.1, 0.15) is 19.4 Å². The fourth-order valence-electron chi connectivity index (χ4n) is 2.09. The zero-order valence-electron chi connectivity index (χ0n) is 13.1. The van der Waals surface area contributed by atoms with Gasteiger partial charge in [-0.05, 0) is 31.5 Å². The summed E-state index contributed by atoms with van der Waals surface area (Å²) in [6.45, 7) is 3.38. The number of hydrogen-bond acceptors (Lipinski definition) is 3. The van der Waals surface area contributed by atoms with E-state index in [4.69, 9.17) is 16.3 Å². The number of aliphatic hydroxyl groups is 1. The number of rotatable bonds is 6. The van der Waals surface area contributed by atoms with Gasteiger partial charge < -0.3 is 15.2 Å². The lowest BCUT2D eigenvalue weighted by atomic mass is 9.96. The van der Waals surface area contributed by atoms with Gasteiger partial charge in [0.05, 0.1) is 11.6 Å². The molecule has 122 valence electrons. The predicted molar refractivity (Wildman–Crippen MR) is 90.6 cm³/mol. The summed E-state index contributed by atoms with van der Waals surface area (Å²) in [6, 6.07) is 16.2. The monoisotopic (exact) mass is 333 g/mol. The molecule has 2 atom stereocenters. The third-order valence-corrected chi connectivity index (χ3v) is 3.82. The molecule has 0 saturated carbocycles. The highest BCUT2D eigenvalue weighted by atomic mass is 35.5. The average molecular weight is 334 g/mol. The van der Waals surface area contributed by atoms with Gasteiger partial charge in [0.25, 0.3) is 5.91 Å². The van der Waals surface area contributed by atoms with Crippen molar-refractivity contribution in [2.75, 3.05) is 6.54 Å². The first-order valence-electron chi connectivity index (χ1n) is 7.37. The Balaban J connectivity index is 1.93. The van der Waals surface area contributed by atoms with E-state index in [1.54, 1.807) is 38.1 Å². The standard InChI is InChI=1S/C18H20ClNO3/c1-13(23-16-11-7-6-10-15(16)19)17(21)20-12-18(2,22)14-8-4-3-5-9-14/h3-11,13,22H,12H2,1-2H3,(H,20,21). The minimum atomic E-state index is -1.15. The van der Waals surface area contributed by atoms with Crippen molar-refractivity contribution in [2.24, 2.45) is 0 Å². The van der Waals surface area contributed by atoms with Crippen LogP contribution in [0, 0.1) is 0 Å². The maximum Gasteiger partial charge on any atom is 0.260 e. The molecule has 5 heteroatoms.